The number of aromatic nitrogens is 2. The van der Waals surface area contributed by atoms with Crippen LogP contribution in [0.2, 0.25) is 0 Å². The van der Waals surface area contributed by atoms with Crippen molar-refractivity contribution in [1.29, 1.82) is 0 Å². The minimum atomic E-state index is -3.35. The summed E-state index contributed by atoms with van der Waals surface area (Å²) >= 11 is 0. The Kier molecular flexibility index (Phi) is 6.20. The van der Waals surface area contributed by atoms with Crippen LogP contribution in [-0.4, -0.2) is 48.9 Å². The summed E-state index contributed by atoms with van der Waals surface area (Å²) in [6, 6.07) is 18.9. The number of piperazine rings is 1. The van der Waals surface area contributed by atoms with Gasteiger partial charge in [0.15, 0.2) is 0 Å². The van der Waals surface area contributed by atoms with Gasteiger partial charge in [-0.25, -0.2) is 13.4 Å². The minimum Gasteiger partial charge on any atom is -0.439 e. The van der Waals surface area contributed by atoms with Crippen LogP contribution in [0.15, 0.2) is 60.7 Å². The van der Waals surface area contributed by atoms with Gasteiger partial charge < -0.3 is 9.64 Å². The molecule has 0 amide bonds. The summed E-state index contributed by atoms with van der Waals surface area (Å²) in [5, 5.41) is 0. The van der Waals surface area contributed by atoms with E-state index in [4.69, 9.17) is 4.74 Å². The van der Waals surface area contributed by atoms with Crippen LogP contribution in [0.5, 0.6) is 11.6 Å². The van der Waals surface area contributed by atoms with E-state index in [1.165, 1.54) is 0 Å². The van der Waals surface area contributed by atoms with Gasteiger partial charge in [0.25, 0.3) is 0 Å². The molecule has 0 aliphatic carbocycles. The lowest BCUT2D eigenvalue weighted by Crippen LogP contribution is -2.49. The number of ether oxygens (including phenoxy) is 1. The number of nitrogens with zero attached hydrogens (tertiary/aromatic N) is 4. The Morgan fingerprint density at radius 3 is 2.26 bits per heavy atom. The lowest BCUT2D eigenvalue weighted by atomic mass is 10.2. The molecular formula is C23H26N4O3S. The summed E-state index contributed by atoms with van der Waals surface area (Å²) in [6.07, 6.45) is 0. The van der Waals surface area contributed by atoms with E-state index in [1.807, 2.05) is 68.4 Å². The van der Waals surface area contributed by atoms with Crippen molar-refractivity contribution < 1.29 is 13.2 Å². The van der Waals surface area contributed by atoms with Gasteiger partial charge in [0, 0.05) is 32.2 Å². The van der Waals surface area contributed by atoms with Crippen molar-refractivity contribution in [2.45, 2.75) is 19.6 Å². The molecule has 0 atom stereocenters. The molecule has 162 valence electrons. The summed E-state index contributed by atoms with van der Waals surface area (Å²) in [5.41, 5.74) is 1.96. The molecule has 0 bridgehead atoms. The first kappa shape index (κ1) is 21.3. The van der Waals surface area contributed by atoms with Crippen LogP contribution in [-0.2, 0) is 15.8 Å². The molecule has 8 heteroatoms. The van der Waals surface area contributed by atoms with Crippen LogP contribution < -0.4 is 9.64 Å². The number of benzene rings is 2. The predicted octanol–water partition coefficient (Wildman–Crippen LogP) is 3.54. The summed E-state index contributed by atoms with van der Waals surface area (Å²) in [5.74, 6) is 2.57. The molecule has 2 aromatic carbocycles. The summed E-state index contributed by atoms with van der Waals surface area (Å²) in [6.45, 7) is 5.82. The zero-order valence-corrected chi connectivity index (χ0v) is 18.5. The fraction of sp³-hybridized carbons (Fsp3) is 0.304. The fourth-order valence-electron chi connectivity index (χ4n) is 3.54. The van der Waals surface area contributed by atoms with Crippen molar-refractivity contribution in [3.63, 3.8) is 0 Å². The number of hydrogen-bond acceptors (Lipinski definition) is 6. The van der Waals surface area contributed by atoms with Crippen LogP contribution in [0.25, 0.3) is 0 Å². The first-order chi connectivity index (χ1) is 14.9. The Balaban J connectivity index is 1.42. The highest BCUT2D eigenvalue weighted by Crippen LogP contribution is 2.25. The Bertz CT molecular complexity index is 1130. The Labute approximate surface area is 183 Å². The lowest BCUT2D eigenvalue weighted by Gasteiger charge is -2.34. The van der Waals surface area contributed by atoms with Gasteiger partial charge in [0.2, 0.25) is 15.9 Å². The predicted molar refractivity (Wildman–Crippen MR) is 121 cm³/mol. The molecule has 4 rings (SSSR count). The van der Waals surface area contributed by atoms with E-state index >= 15 is 0 Å². The molecule has 0 radical (unpaired) electrons. The average molecular weight is 439 g/mol. The topological polar surface area (TPSA) is 75.6 Å². The molecule has 1 fully saturated rings. The van der Waals surface area contributed by atoms with Crippen LogP contribution in [0.3, 0.4) is 0 Å². The number of aryl methyl sites for hydroxylation is 2. The average Bonchev–Trinajstić information content (AvgIpc) is 2.75. The van der Waals surface area contributed by atoms with Crippen molar-refractivity contribution in [3.05, 3.63) is 77.6 Å². The molecule has 0 spiro atoms. The van der Waals surface area contributed by atoms with Gasteiger partial charge in [-0.05, 0) is 31.5 Å². The van der Waals surface area contributed by atoms with E-state index in [9.17, 15) is 8.42 Å². The molecule has 3 aromatic rings. The molecular weight excluding hydrogens is 412 g/mol. The standard InChI is InChI=1S/C23H26N4O3S/c1-18-8-10-21(11-9-18)30-23-16-22(24-19(2)25-23)26-12-14-27(15-13-26)31(28,29)17-20-6-4-3-5-7-20/h3-11,16H,12-15,17H2,1-2H3. The first-order valence-electron chi connectivity index (χ1n) is 10.3. The molecule has 0 unspecified atom stereocenters. The van der Waals surface area contributed by atoms with Crippen LogP contribution in [0.1, 0.15) is 17.0 Å². The van der Waals surface area contributed by atoms with Gasteiger partial charge in [-0.1, -0.05) is 48.0 Å². The molecule has 1 aliphatic heterocycles. The number of hydrogen-bond donors (Lipinski definition) is 0. The minimum absolute atomic E-state index is 0.0228. The van der Waals surface area contributed by atoms with E-state index in [2.05, 4.69) is 14.9 Å². The number of sulfonamides is 1. The first-order valence-corrected chi connectivity index (χ1v) is 11.9. The van der Waals surface area contributed by atoms with Crippen molar-refractivity contribution >= 4 is 15.8 Å². The van der Waals surface area contributed by atoms with E-state index in [1.54, 1.807) is 10.4 Å². The highest BCUT2D eigenvalue weighted by Gasteiger charge is 2.28. The fourth-order valence-corrected chi connectivity index (χ4v) is 5.05. The second-order valence-corrected chi connectivity index (χ2v) is 9.62. The SMILES string of the molecule is Cc1ccc(Oc2cc(N3CCN(S(=O)(=O)Cc4ccccc4)CC3)nc(C)n2)cc1. The number of rotatable bonds is 6. The third-order valence-electron chi connectivity index (χ3n) is 5.19. The van der Waals surface area contributed by atoms with E-state index in [0.29, 0.717) is 43.6 Å². The van der Waals surface area contributed by atoms with Gasteiger partial charge in [-0.15, -0.1) is 0 Å². The highest BCUT2D eigenvalue weighted by atomic mass is 32.2. The van der Waals surface area contributed by atoms with Crippen LogP contribution >= 0.6 is 0 Å². The largest absolute Gasteiger partial charge is 0.439 e. The molecule has 1 saturated heterocycles. The van der Waals surface area contributed by atoms with Crippen LogP contribution in [0, 0.1) is 13.8 Å². The van der Waals surface area contributed by atoms with E-state index in [-0.39, 0.29) is 5.75 Å². The third-order valence-corrected chi connectivity index (χ3v) is 7.04. The molecule has 2 heterocycles. The van der Waals surface area contributed by atoms with Gasteiger partial charge in [0.1, 0.15) is 17.4 Å². The van der Waals surface area contributed by atoms with E-state index < -0.39 is 10.0 Å². The molecule has 7 nitrogen and oxygen atoms in total. The molecule has 0 N–H and O–H groups in total. The normalized spacial score (nSPS) is 15.1. The van der Waals surface area contributed by atoms with Gasteiger partial charge >= 0.3 is 0 Å². The number of anilines is 1. The second kappa shape index (κ2) is 9.03. The summed E-state index contributed by atoms with van der Waals surface area (Å²) < 4.78 is 33.1. The second-order valence-electron chi connectivity index (χ2n) is 7.65. The molecule has 1 aromatic heterocycles. The van der Waals surface area contributed by atoms with Crippen molar-refractivity contribution in [2.24, 2.45) is 0 Å². The summed E-state index contributed by atoms with van der Waals surface area (Å²) in [4.78, 5) is 11.0. The molecule has 1 aliphatic rings. The molecule has 0 saturated carbocycles. The lowest BCUT2D eigenvalue weighted by molar-refractivity contribution is 0.382. The molecule has 31 heavy (non-hydrogen) atoms. The highest BCUT2D eigenvalue weighted by molar-refractivity contribution is 7.88. The van der Waals surface area contributed by atoms with Gasteiger partial charge in [0.05, 0.1) is 5.75 Å². The van der Waals surface area contributed by atoms with Gasteiger partial charge in [-0.2, -0.15) is 9.29 Å². The van der Waals surface area contributed by atoms with Crippen molar-refractivity contribution in [1.82, 2.24) is 14.3 Å². The zero-order valence-electron chi connectivity index (χ0n) is 17.7. The smallest absolute Gasteiger partial charge is 0.224 e. The van der Waals surface area contributed by atoms with Crippen LogP contribution in [0.4, 0.5) is 5.82 Å². The Morgan fingerprint density at radius 2 is 1.58 bits per heavy atom. The third kappa shape index (κ3) is 5.39. The quantitative estimate of drug-likeness (QED) is 0.586. The monoisotopic (exact) mass is 438 g/mol. The maximum atomic E-state index is 12.8. The maximum absolute atomic E-state index is 12.8. The Hall–Kier alpha value is -2.97. The maximum Gasteiger partial charge on any atom is 0.224 e. The summed E-state index contributed by atoms with van der Waals surface area (Å²) in [7, 11) is -3.35. The van der Waals surface area contributed by atoms with Crippen molar-refractivity contribution in [3.8, 4) is 11.6 Å². The van der Waals surface area contributed by atoms with E-state index in [0.717, 1.165) is 16.9 Å². The van der Waals surface area contributed by atoms with Gasteiger partial charge in [-0.3, -0.25) is 0 Å². The zero-order chi connectivity index (χ0) is 21.8. The van der Waals surface area contributed by atoms with Crippen molar-refractivity contribution in [2.75, 3.05) is 31.1 Å². The Morgan fingerprint density at radius 1 is 0.903 bits per heavy atom.